The molecule has 0 N–H and O–H groups in total. The quantitative estimate of drug-likeness (QED) is 0.0261. The minimum atomic E-state index is -0.803. The predicted octanol–water partition coefficient (Wildman–Crippen LogP) is 20.3. The van der Waals surface area contributed by atoms with E-state index >= 15 is 0 Å². The second-order valence-corrected chi connectivity index (χ2v) is 19.9. The van der Waals surface area contributed by atoms with Crippen molar-refractivity contribution in [2.75, 3.05) is 13.2 Å². The van der Waals surface area contributed by atoms with Crippen molar-refractivity contribution in [3.05, 3.63) is 85.1 Å². The number of carbonyl (C=O) groups is 3. The monoisotopic (exact) mass is 989 g/mol. The maximum Gasteiger partial charge on any atom is 0.306 e. The zero-order valence-corrected chi connectivity index (χ0v) is 46.7. The standard InChI is InChI=1S/C65H112O6/c1-4-7-10-13-16-19-22-25-28-30-31-32-33-35-38-41-44-47-50-53-56-59-65(68)71-62(60-69-63(66)57-54-51-48-45-42-39-36-27-24-21-18-15-12-9-6-3)61-70-64(67)58-55-52-49-46-43-40-37-34-29-26-23-20-17-14-11-8-5-2/h17-18,20-21,25-29,36-37,40,42,45,62H,4-16,19,22-24,30-35,38-39,41,43-44,46-61H2,1-3H3/b20-17-,21-18-,28-25-,29-26-,36-27-,40-37-,45-42-/t62-/m0/s1. The zero-order chi connectivity index (χ0) is 51.4. The van der Waals surface area contributed by atoms with Crippen molar-refractivity contribution in [1.29, 1.82) is 0 Å². The minimum Gasteiger partial charge on any atom is -0.462 e. The summed E-state index contributed by atoms with van der Waals surface area (Å²) in [4.78, 5) is 38.2. The minimum absolute atomic E-state index is 0.100. The first-order valence-corrected chi connectivity index (χ1v) is 30.1. The molecule has 0 saturated carbocycles. The van der Waals surface area contributed by atoms with E-state index in [0.717, 1.165) is 96.3 Å². The lowest BCUT2D eigenvalue weighted by atomic mass is 10.0. The van der Waals surface area contributed by atoms with Crippen LogP contribution in [-0.4, -0.2) is 37.2 Å². The van der Waals surface area contributed by atoms with Gasteiger partial charge in [0.1, 0.15) is 13.2 Å². The number of hydrogen-bond donors (Lipinski definition) is 0. The van der Waals surface area contributed by atoms with Crippen LogP contribution in [0.25, 0.3) is 0 Å². The van der Waals surface area contributed by atoms with Crippen LogP contribution in [0.1, 0.15) is 290 Å². The van der Waals surface area contributed by atoms with Gasteiger partial charge in [0.2, 0.25) is 0 Å². The van der Waals surface area contributed by atoms with Crippen molar-refractivity contribution >= 4 is 17.9 Å². The Balaban J connectivity index is 4.44. The molecule has 0 heterocycles. The van der Waals surface area contributed by atoms with Crippen LogP contribution in [0.15, 0.2) is 85.1 Å². The van der Waals surface area contributed by atoms with Gasteiger partial charge < -0.3 is 14.2 Å². The molecule has 0 saturated heterocycles. The highest BCUT2D eigenvalue weighted by Crippen LogP contribution is 2.15. The van der Waals surface area contributed by atoms with Gasteiger partial charge in [-0.25, -0.2) is 0 Å². The number of carbonyl (C=O) groups excluding carboxylic acids is 3. The Kier molecular flexibility index (Phi) is 56.3. The van der Waals surface area contributed by atoms with Crippen molar-refractivity contribution in [3.8, 4) is 0 Å². The number of unbranched alkanes of at least 4 members (excludes halogenated alkanes) is 29. The SMILES string of the molecule is CCCCC/C=C\C/C=C\C/C=C\CCCCCCC(=O)OC[C@H](COC(=O)CCCC/C=C\C/C=C\C/C=C\CCCCC)OC(=O)CCCCCCCCCCCCC/C=C\CCCCCCCC. The van der Waals surface area contributed by atoms with E-state index in [2.05, 4.69) is 106 Å². The molecule has 0 aromatic rings. The molecule has 408 valence electrons. The van der Waals surface area contributed by atoms with E-state index in [9.17, 15) is 14.4 Å². The third-order valence-electron chi connectivity index (χ3n) is 12.8. The summed E-state index contributed by atoms with van der Waals surface area (Å²) in [5.41, 5.74) is 0. The van der Waals surface area contributed by atoms with Crippen LogP contribution in [0.4, 0.5) is 0 Å². The van der Waals surface area contributed by atoms with Crippen LogP contribution >= 0.6 is 0 Å². The average molecular weight is 990 g/mol. The second kappa shape index (κ2) is 59.2. The largest absolute Gasteiger partial charge is 0.462 e. The van der Waals surface area contributed by atoms with Crippen LogP contribution in [0.2, 0.25) is 0 Å². The maximum atomic E-state index is 12.9. The first kappa shape index (κ1) is 67.6. The molecule has 0 aliphatic rings. The molecule has 0 amide bonds. The number of esters is 3. The number of allylic oxidation sites excluding steroid dienone is 14. The molecule has 6 heteroatoms. The Labute approximate surface area is 439 Å². The van der Waals surface area contributed by atoms with Gasteiger partial charge in [-0.15, -0.1) is 0 Å². The average Bonchev–Trinajstić information content (AvgIpc) is 3.37. The summed E-state index contributed by atoms with van der Waals surface area (Å²) < 4.78 is 16.8. The van der Waals surface area contributed by atoms with E-state index in [4.69, 9.17) is 14.2 Å². The summed E-state index contributed by atoms with van der Waals surface area (Å²) in [5.74, 6) is -0.952. The van der Waals surface area contributed by atoms with E-state index in [1.54, 1.807) is 0 Å². The number of rotatable bonds is 54. The molecule has 0 radical (unpaired) electrons. The Morgan fingerprint density at radius 1 is 0.282 bits per heavy atom. The molecule has 71 heavy (non-hydrogen) atoms. The molecule has 0 aromatic heterocycles. The zero-order valence-electron chi connectivity index (χ0n) is 46.7. The Morgan fingerprint density at radius 2 is 0.507 bits per heavy atom. The van der Waals surface area contributed by atoms with E-state index < -0.39 is 6.10 Å². The van der Waals surface area contributed by atoms with Crippen LogP contribution in [-0.2, 0) is 28.6 Å². The van der Waals surface area contributed by atoms with Gasteiger partial charge in [-0.3, -0.25) is 14.4 Å². The Morgan fingerprint density at radius 3 is 0.859 bits per heavy atom. The number of hydrogen-bond acceptors (Lipinski definition) is 6. The Hall–Kier alpha value is -3.41. The predicted molar refractivity (Wildman–Crippen MR) is 307 cm³/mol. The van der Waals surface area contributed by atoms with Gasteiger partial charge in [-0.05, 0) is 122 Å². The highest BCUT2D eigenvalue weighted by atomic mass is 16.6. The first-order valence-electron chi connectivity index (χ1n) is 30.1. The summed E-state index contributed by atoms with van der Waals surface area (Å²) in [6.45, 7) is 6.55. The molecule has 0 aromatic carbocycles. The van der Waals surface area contributed by atoms with Gasteiger partial charge in [0.15, 0.2) is 6.10 Å². The smallest absolute Gasteiger partial charge is 0.306 e. The lowest BCUT2D eigenvalue weighted by Crippen LogP contribution is -2.30. The maximum absolute atomic E-state index is 12.9. The molecule has 0 unspecified atom stereocenters. The fourth-order valence-electron chi connectivity index (χ4n) is 8.27. The summed E-state index contributed by atoms with van der Waals surface area (Å²) in [7, 11) is 0. The van der Waals surface area contributed by atoms with Crippen LogP contribution in [0.3, 0.4) is 0 Å². The van der Waals surface area contributed by atoms with Crippen LogP contribution in [0.5, 0.6) is 0 Å². The summed E-state index contributed by atoms with van der Waals surface area (Å²) in [5, 5.41) is 0. The van der Waals surface area contributed by atoms with Gasteiger partial charge in [0, 0.05) is 19.3 Å². The van der Waals surface area contributed by atoms with Crippen molar-refractivity contribution in [2.45, 2.75) is 297 Å². The second-order valence-electron chi connectivity index (χ2n) is 19.9. The molecule has 0 rings (SSSR count). The van der Waals surface area contributed by atoms with Crippen molar-refractivity contribution in [2.24, 2.45) is 0 Å². The number of ether oxygens (including phenoxy) is 3. The van der Waals surface area contributed by atoms with Gasteiger partial charge in [-0.2, -0.15) is 0 Å². The third kappa shape index (κ3) is 57.4. The van der Waals surface area contributed by atoms with Crippen LogP contribution < -0.4 is 0 Å². The summed E-state index contributed by atoms with van der Waals surface area (Å²) >= 11 is 0. The van der Waals surface area contributed by atoms with Gasteiger partial charge in [0.05, 0.1) is 0 Å². The van der Waals surface area contributed by atoms with Crippen molar-refractivity contribution in [3.63, 3.8) is 0 Å². The molecule has 0 spiro atoms. The highest BCUT2D eigenvalue weighted by molar-refractivity contribution is 5.71. The summed E-state index contributed by atoms with van der Waals surface area (Å²) in [6.07, 6.45) is 77.2. The van der Waals surface area contributed by atoms with Gasteiger partial charge in [-0.1, -0.05) is 234 Å². The van der Waals surface area contributed by atoms with E-state index in [1.165, 1.54) is 154 Å². The Bertz CT molecular complexity index is 1370. The molecular formula is C65H112O6. The van der Waals surface area contributed by atoms with Crippen molar-refractivity contribution < 1.29 is 28.6 Å². The molecule has 0 bridgehead atoms. The van der Waals surface area contributed by atoms with Gasteiger partial charge >= 0.3 is 17.9 Å². The molecule has 1 atom stereocenters. The molecule has 6 nitrogen and oxygen atoms in total. The van der Waals surface area contributed by atoms with Gasteiger partial charge in [0.25, 0.3) is 0 Å². The fourth-order valence-corrected chi connectivity index (χ4v) is 8.27. The van der Waals surface area contributed by atoms with E-state index in [0.29, 0.717) is 19.3 Å². The van der Waals surface area contributed by atoms with Crippen LogP contribution in [0, 0.1) is 0 Å². The van der Waals surface area contributed by atoms with Crippen molar-refractivity contribution in [1.82, 2.24) is 0 Å². The molecule has 0 aliphatic heterocycles. The topological polar surface area (TPSA) is 78.9 Å². The van der Waals surface area contributed by atoms with E-state index in [-0.39, 0.29) is 31.1 Å². The first-order chi connectivity index (χ1) is 35.0. The fraction of sp³-hybridized carbons (Fsp3) is 0.738. The highest BCUT2D eigenvalue weighted by Gasteiger charge is 2.19. The third-order valence-corrected chi connectivity index (χ3v) is 12.8. The lowest BCUT2D eigenvalue weighted by Gasteiger charge is -2.18. The molecule has 0 aliphatic carbocycles. The lowest BCUT2D eigenvalue weighted by molar-refractivity contribution is -0.167. The summed E-state index contributed by atoms with van der Waals surface area (Å²) in [6, 6.07) is 0. The van der Waals surface area contributed by atoms with E-state index in [1.807, 2.05) is 0 Å². The molecular weight excluding hydrogens is 877 g/mol. The normalized spacial score (nSPS) is 12.7. The molecule has 0 fully saturated rings.